The number of nitrogens with two attached hydrogens (primary N) is 1. The topological polar surface area (TPSA) is 38.0 Å². The van der Waals surface area contributed by atoms with Gasteiger partial charge in [0.1, 0.15) is 0 Å². The second-order valence-corrected chi connectivity index (χ2v) is 5.72. The maximum atomic E-state index is 5.94. The van der Waals surface area contributed by atoms with Gasteiger partial charge in [0.25, 0.3) is 0 Å². The van der Waals surface area contributed by atoms with Gasteiger partial charge in [0.05, 0.1) is 0 Å². The van der Waals surface area contributed by atoms with Crippen molar-refractivity contribution in [2.45, 2.75) is 63.1 Å². The van der Waals surface area contributed by atoms with E-state index in [4.69, 9.17) is 5.73 Å². The van der Waals surface area contributed by atoms with Crippen LogP contribution in [0.2, 0.25) is 0 Å². The summed E-state index contributed by atoms with van der Waals surface area (Å²) in [5, 5.41) is 3.86. The van der Waals surface area contributed by atoms with Crippen molar-refractivity contribution in [3.05, 3.63) is 0 Å². The summed E-state index contributed by atoms with van der Waals surface area (Å²) in [4.78, 5) is 0. The summed E-state index contributed by atoms with van der Waals surface area (Å²) >= 11 is 0. The molecule has 3 aliphatic rings. The third-order valence-corrected chi connectivity index (χ3v) is 4.66. The van der Waals surface area contributed by atoms with E-state index in [-0.39, 0.29) is 0 Å². The van der Waals surface area contributed by atoms with Gasteiger partial charge in [0.2, 0.25) is 0 Å². The zero-order chi connectivity index (χ0) is 9.54. The smallest absolute Gasteiger partial charge is 0.0101 e. The van der Waals surface area contributed by atoms with E-state index in [0.717, 1.165) is 23.9 Å². The predicted molar refractivity (Wildman–Crippen MR) is 58.0 cm³/mol. The summed E-state index contributed by atoms with van der Waals surface area (Å²) in [6, 6.07) is 2.07. The molecule has 0 radical (unpaired) electrons. The molecule has 0 aromatic carbocycles. The lowest BCUT2D eigenvalue weighted by atomic mass is 9.94. The average molecular weight is 194 g/mol. The second-order valence-electron chi connectivity index (χ2n) is 5.72. The minimum Gasteiger partial charge on any atom is -0.328 e. The van der Waals surface area contributed by atoms with Gasteiger partial charge < -0.3 is 11.1 Å². The molecule has 0 saturated heterocycles. The van der Waals surface area contributed by atoms with Crippen molar-refractivity contribution in [3.8, 4) is 0 Å². The number of rotatable bonds is 2. The highest BCUT2D eigenvalue weighted by atomic mass is 15.0. The quantitative estimate of drug-likeness (QED) is 0.701. The summed E-state index contributed by atoms with van der Waals surface area (Å²) in [7, 11) is 0. The van der Waals surface area contributed by atoms with E-state index in [0.29, 0.717) is 6.04 Å². The van der Waals surface area contributed by atoms with E-state index in [1.807, 2.05) is 0 Å². The summed E-state index contributed by atoms with van der Waals surface area (Å²) in [6.45, 7) is 0. The number of hydrogen-bond donors (Lipinski definition) is 2. The van der Waals surface area contributed by atoms with Crippen LogP contribution in [-0.4, -0.2) is 18.1 Å². The molecule has 5 atom stereocenters. The minimum atomic E-state index is 0.478. The molecule has 0 heterocycles. The summed E-state index contributed by atoms with van der Waals surface area (Å²) in [5.41, 5.74) is 5.94. The van der Waals surface area contributed by atoms with Crippen LogP contribution in [0.25, 0.3) is 0 Å². The van der Waals surface area contributed by atoms with Crippen LogP contribution in [-0.2, 0) is 0 Å². The van der Waals surface area contributed by atoms with Gasteiger partial charge in [0, 0.05) is 18.1 Å². The van der Waals surface area contributed by atoms with Crippen molar-refractivity contribution in [1.82, 2.24) is 5.32 Å². The van der Waals surface area contributed by atoms with Gasteiger partial charge in [-0.2, -0.15) is 0 Å². The van der Waals surface area contributed by atoms with Crippen LogP contribution in [0.4, 0.5) is 0 Å². The first-order chi connectivity index (χ1) is 6.81. The maximum Gasteiger partial charge on any atom is 0.0101 e. The Bertz CT molecular complexity index is 216. The molecule has 3 aliphatic carbocycles. The Hall–Kier alpha value is -0.0800. The molecule has 2 heteroatoms. The van der Waals surface area contributed by atoms with Crippen LogP contribution in [0.1, 0.15) is 44.9 Å². The fourth-order valence-corrected chi connectivity index (χ4v) is 3.92. The molecule has 0 amide bonds. The van der Waals surface area contributed by atoms with E-state index in [1.54, 1.807) is 0 Å². The van der Waals surface area contributed by atoms with Crippen LogP contribution in [0, 0.1) is 11.8 Å². The van der Waals surface area contributed by atoms with Crippen LogP contribution in [0.15, 0.2) is 0 Å². The Kier molecular flexibility index (Phi) is 2.29. The molecule has 2 bridgehead atoms. The molecule has 14 heavy (non-hydrogen) atoms. The third-order valence-electron chi connectivity index (χ3n) is 4.66. The third kappa shape index (κ3) is 1.59. The number of fused-ring (bicyclic) bond motifs is 2. The molecule has 3 rings (SSSR count). The first-order valence-electron chi connectivity index (χ1n) is 6.33. The molecule has 0 spiro atoms. The Morgan fingerprint density at radius 1 is 0.929 bits per heavy atom. The molecule has 0 aliphatic heterocycles. The molecular weight excluding hydrogens is 172 g/mol. The molecule has 3 saturated carbocycles. The van der Waals surface area contributed by atoms with Gasteiger partial charge in [0.15, 0.2) is 0 Å². The van der Waals surface area contributed by atoms with Crippen molar-refractivity contribution >= 4 is 0 Å². The van der Waals surface area contributed by atoms with Crippen LogP contribution >= 0.6 is 0 Å². The van der Waals surface area contributed by atoms with E-state index in [1.165, 1.54) is 44.9 Å². The molecule has 5 unspecified atom stereocenters. The summed E-state index contributed by atoms with van der Waals surface area (Å²) in [5.74, 6) is 2.07. The van der Waals surface area contributed by atoms with Gasteiger partial charge in [-0.1, -0.05) is 6.42 Å². The molecule has 3 N–H and O–H groups in total. The van der Waals surface area contributed by atoms with Crippen LogP contribution in [0.5, 0.6) is 0 Å². The van der Waals surface area contributed by atoms with E-state index < -0.39 is 0 Å². The van der Waals surface area contributed by atoms with Crippen LogP contribution in [0.3, 0.4) is 0 Å². The lowest BCUT2D eigenvalue weighted by molar-refractivity contribution is 0.317. The van der Waals surface area contributed by atoms with Crippen molar-refractivity contribution in [2.24, 2.45) is 17.6 Å². The first kappa shape index (κ1) is 9.17. The SMILES string of the molecule is NC1CCC(NC2CC3CCC2C3)C1. The number of hydrogen-bond acceptors (Lipinski definition) is 2. The van der Waals surface area contributed by atoms with Crippen molar-refractivity contribution < 1.29 is 0 Å². The van der Waals surface area contributed by atoms with Crippen molar-refractivity contribution in [3.63, 3.8) is 0 Å². The Morgan fingerprint density at radius 2 is 1.86 bits per heavy atom. The first-order valence-corrected chi connectivity index (χ1v) is 6.33. The van der Waals surface area contributed by atoms with Gasteiger partial charge in [-0.3, -0.25) is 0 Å². The fourth-order valence-electron chi connectivity index (χ4n) is 3.92. The molecule has 3 fully saturated rings. The highest BCUT2D eigenvalue weighted by Crippen LogP contribution is 2.44. The maximum absolute atomic E-state index is 5.94. The highest BCUT2D eigenvalue weighted by molar-refractivity contribution is 4.96. The van der Waals surface area contributed by atoms with Gasteiger partial charge in [-0.25, -0.2) is 0 Å². The monoisotopic (exact) mass is 194 g/mol. The normalized spacial score (nSPS) is 51.6. The summed E-state index contributed by atoms with van der Waals surface area (Å²) in [6.07, 6.45) is 9.72. The molecule has 0 aromatic rings. The van der Waals surface area contributed by atoms with E-state index >= 15 is 0 Å². The zero-order valence-corrected chi connectivity index (χ0v) is 8.91. The zero-order valence-electron chi connectivity index (χ0n) is 8.91. The van der Waals surface area contributed by atoms with E-state index in [2.05, 4.69) is 5.32 Å². The van der Waals surface area contributed by atoms with Gasteiger partial charge >= 0.3 is 0 Å². The Labute approximate surface area is 86.6 Å². The standard InChI is InChI=1S/C12H22N2/c13-10-3-4-11(7-10)14-12-6-8-1-2-9(12)5-8/h8-12,14H,1-7,13H2. The number of nitrogens with one attached hydrogen (secondary N) is 1. The Morgan fingerprint density at radius 3 is 2.43 bits per heavy atom. The van der Waals surface area contributed by atoms with E-state index in [9.17, 15) is 0 Å². The minimum absolute atomic E-state index is 0.478. The van der Waals surface area contributed by atoms with Gasteiger partial charge in [-0.15, -0.1) is 0 Å². The van der Waals surface area contributed by atoms with Crippen LogP contribution < -0.4 is 11.1 Å². The average Bonchev–Trinajstić information content (AvgIpc) is 2.82. The highest BCUT2D eigenvalue weighted by Gasteiger charge is 2.40. The molecule has 80 valence electrons. The lowest BCUT2D eigenvalue weighted by Gasteiger charge is -2.26. The molecule has 0 aromatic heterocycles. The predicted octanol–water partition coefficient (Wildman–Crippen LogP) is 1.64. The summed E-state index contributed by atoms with van der Waals surface area (Å²) < 4.78 is 0. The fraction of sp³-hybridized carbons (Fsp3) is 1.00. The molecule has 2 nitrogen and oxygen atoms in total. The van der Waals surface area contributed by atoms with Crippen molar-refractivity contribution in [2.75, 3.05) is 0 Å². The molecular formula is C12H22N2. The second kappa shape index (κ2) is 3.49. The van der Waals surface area contributed by atoms with Crippen molar-refractivity contribution in [1.29, 1.82) is 0 Å². The Balaban J connectivity index is 1.53. The lowest BCUT2D eigenvalue weighted by Crippen LogP contribution is -2.40. The largest absolute Gasteiger partial charge is 0.328 e. The van der Waals surface area contributed by atoms with Gasteiger partial charge in [-0.05, 0) is 50.4 Å².